The van der Waals surface area contributed by atoms with Crippen molar-refractivity contribution >= 4 is 0 Å². The van der Waals surface area contributed by atoms with Crippen LogP contribution in [0, 0.1) is 11.3 Å². The van der Waals surface area contributed by atoms with Gasteiger partial charge in [0.15, 0.2) is 0 Å². The smallest absolute Gasteiger partial charge is 0.103 e. The molecule has 4 nitrogen and oxygen atoms in total. The van der Waals surface area contributed by atoms with E-state index in [1.54, 1.807) is 6.20 Å². The molecule has 2 rings (SSSR count). The third kappa shape index (κ3) is 2.02. The van der Waals surface area contributed by atoms with Crippen molar-refractivity contribution in [2.45, 2.75) is 44.1 Å². The van der Waals surface area contributed by atoms with Gasteiger partial charge in [0.1, 0.15) is 6.07 Å². The van der Waals surface area contributed by atoms with Crippen LogP contribution in [0.15, 0.2) is 6.20 Å². The highest BCUT2D eigenvalue weighted by atomic mass is 16.3. The summed E-state index contributed by atoms with van der Waals surface area (Å²) in [7, 11) is 0. The Morgan fingerprint density at radius 2 is 2.27 bits per heavy atom. The van der Waals surface area contributed by atoms with E-state index >= 15 is 0 Å². The monoisotopic (exact) mass is 205 g/mol. The summed E-state index contributed by atoms with van der Waals surface area (Å²) in [6, 6.07) is 2.14. The third-order valence-electron chi connectivity index (χ3n) is 3.26. The lowest BCUT2D eigenvalue weighted by Crippen LogP contribution is -2.29. The molecular formula is C11H15N3O. The van der Waals surface area contributed by atoms with Crippen LogP contribution in [0.4, 0.5) is 0 Å². The van der Waals surface area contributed by atoms with E-state index in [-0.39, 0.29) is 0 Å². The second kappa shape index (κ2) is 3.67. The van der Waals surface area contributed by atoms with Crippen molar-refractivity contribution in [3.8, 4) is 6.07 Å². The summed E-state index contributed by atoms with van der Waals surface area (Å²) in [5.74, 6) is 0.349. The molecule has 0 atom stereocenters. The summed E-state index contributed by atoms with van der Waals surface area (Å²) in [6.07, 6.45) is 5.00. The summed E-state index contributed by atoms with van der Waals surface area (Å²) < 4.78 is 0. The van der Waals surface area contributed by atoms with Crippen molar-refractivity contribution in [1.82, 2.24) is 10.2 Å². The molecule has 4 heteroatoms. The fraction of sp³-hybridized carbons (Fsp3) is 0.636. The Hall–Kier alpha value is -1.34. The fourth-order valence-electron chi connectivity index (χ4n) is 2.22. The van der Waals surface area contributed by atoms with Crippen molar-refractivity contribution in [2.75, 3.05) is 0 Å². The number of aromatic nitrogens is 2. The molecule has 0 saturated heterocycles. The predicted molar refractivity (Wildman–Crippen MR) is 55.1 cm³/mol. The van der Waals surface area contributed by atoms with Gasteiger partial charge in [-0.2, -0.15) is 10.4 Å². The van der Waals surface area contributed by atoms with E-state index in [0.29, 0.717) is 11.5 Å². The summed E-state index contributed by atoms with van der Waals surface area (Å²) in [5, 5.41) is 25.5. The molecule has 1 fully saturated rings. The van der Waals surface area contributed by atoms with Gasteiger partial charge in [-0.1, -0.05) is 0 Å². The fourth-order valence-corrected chi connectivity index (χ4v) is 2.22. The minimum absolute atomic E-state index is 0.349. The number of nitrogens with zero attached hydrogens (tertiary/aromatic N) is 2. The van der Waals surface area contributed by atoms with Crippen LogP contribution < -0.4 is 0 Å². The standard InChI is InChI=1S/C11H15N3O/c1-11(15)4-2-8(3-5-11)10-9(6-12)7-13-14-10/h7-8,15H,2-5H2,1H3,(H,13,14). The lowest BCUT2D eigenvalue weighted by molar-refractivity contribution is 0.0168. The Morgan fingerprint density at radius 3 is 2.87 bits per heavy atom. The Labute approximate surface area is 88.9 Å². The molecule has 0 amide bonds. The van der Waals surface area contributed by atoms with Crippen LogP contribution in [-0.2, 0) is 0 Å². The maximum Gasteiger partial charge on any atom is 0.103 e. The molecule has 0 unspecified atom stereocenters. The van der Waals surface area contributed by atoms with Gasteiger partial charge in [-0.05, 0) is 32.6 Å². The summed E-state index contributed by atoms with van der Waals surface area (Å²) >= 11 is 0. The molecule has 0 aliphatic heterocycles. The molecule has 1 heterocycles. The quantitative estimate of drug-likeness (QED) is 0.732. The van der Waals surface area contributed by atoms with Gasteiger partial charge in [0, 0.05) is 5.92 Å². The Morgan fingerprint density at radius 1 is 1.60 bits per heavy atom. The number of hydrogen-bond donors (Lipinski definition) is 2. The van der Waals surface area contributed by atoms with E-state index in [0.717, 1.165) is 31.4 Å². The molecule has 0 aromatic carbocycles. The van der Waals surface area contributed by atoms with Gasteiger partial charge in [0.05, 0.1) is 23.1 Å². The normalized spacial score (nSPS) is 31.1. The van der Waals surface area contributed by atoms with Crippen molar-refractivity contribution < 1.29 is 5.11 Å². The molecule has 1 aromatic rings. The van der Waals surface area contributed by atoms with Gasteiger partial charge in [0.25, 0.3) is 0 Å². The molecule has 80 valence electrons. The Balaban J connectivity index is 2.12. The lowest BCUT2D eigenvalue weighted by Gasteiger charge is -2.32. The SMILES string of the molecule is CC1(O)CCC(c2[nH]ncc2C#N)CC1. The van der Waals surface area contributed by atoms with Crippen LogP contribution in [0.3, 0.4) is 0 Å². The summed E-state index contributed by atoms with van der Waals surface area (Å²) in [5.41, 5.74) is 1.05. The van der Waals surface area contributed by atoms with E-state index in [1.165, 1.54) is 0 Å². The number of rotatable bonds is 1. The second-order valence-corrected chi connectivity index (χ2v) is 4.58. The molecule has 0 bridgehead atoms. The molecule has 1 saturated carbocycles. The van der Waals surface area contributed by atoms with Gasteiger partial charge >= 0.3 is 0 Å². The molecule has 0 spiro atoms. The highest BCUT2D eigenvalue weighted by molar-refractivity contribution is 5.33. The summed E-state index contributed by atoms with van der Waals surface area (Å²) in [6.45, 7) is 1.88. The first kappa shape index (κ1) is 10.2. The number of nitrogens with one attached hydrogen (secondary N) is 1. The number of aromatic amines is 1. The van der Waals surface area contributed by atoms with E-state index in [4.69, 9.17) is 5.26 Å². The lowest BCUT2D eigenvalue weighted by atomic mass is 9.78. The Kier molecular flexibility index (Phi) is 2.49. The first-order chi connectivity index (χ1) is 7.12. The van der Waals surface area contributed by atoms with Crippen LogP contribution in [0.1, 0.15) is 49.8 Å². The maximum atomic E-state index is 9.83. The van der Waals surface area contributed by atoms with Crippen LogP contribution in [0.25, 0.3) is 0 Å². The van der Waals surface area contributed by atoms with Crippen molar-refractivity contribution in [3.05, 3.63) is 17.5 Å². The molecular weight excluding hydrogens is 190 g/mol. The highest BCUT2D eigenvalue weighted by Crippen LogP contribution is 2.37. The highest BCUT2D eigenvalue weighted by Gasteiger charge is 2.30. The van der Waals surface area contributed by atoms with Gasteiger partial charge < -0.3 is 5.11 Å². The first-order valence-electron chi connectivity index (χ1n) is 5.28. The number of aliphatic hydroxyl groups is 1. The van der Waals surface area contributed by atoms with E-state index in [1.807, 2.05) is 6.92 Å². The second-order valence-electron chi connectivity index (χ2n) is 4.58. The van der Waals surface area contributed by atoms with Crippen LogP contribution >= 0.6 is 0 Å². The number of H-pyrrole nitrogens is 1. The maximum absolute atomic E-state index is 9.83. The number of hydrogen-bond acceptors (Lipinski definition) is 3. The molecule has 2 N–H and O–H groups in total. The van der Waals surface area contributed by atoms with Crippen LogP contribution in [-0.4, -0.2) is 20.9 Å². The van der Waals surface area contributed by atoms with Gasteiger partial charge in [-0.25, -0.2) is 0 Å². The third-order valence-corrected chi connectivity index (χ3v) is 3.26. The van der Waals surface area contributed by atoms with Gasteiger partial charge in [-0.3, -0.25) is 5.10 Å². The Bertz CT molecular complexity index is 379. The zero-order chi connectivity index (χ0) is 10.9. The molecule has 15 heavy (non-hydrogen) atoms. The van der Waals surface area contributed by atoms with Crippen molar-refractivity contribution in [1.29, 1.82) is 5.26 Å². The number of nitriles is 1. The predicted octanol–water partition coefficient (Wildman–Crippen LogP) is 1.69. The molecule has 1 aromatic heterocycles. The van der Waals surface area contributed by atoms with Gasteiger partial charge in [-0.15, -0.1) is 0 Å². The molecule has 1 aliphatic rings. The zero-order valence-electron chi connectivity index (χ0n) is 8.82. The van der Waals surface area contributed by atoms with Crippen LogP contribution in [0.5, 0.6) is 0 Å². The van der Waals surface area contributed by atoms with Crippen molar-refractivity contribution in [3.63, 3.8) is 0 Å². The van der Waals surface area contributed by atoms with Crippen molar-refractivity contribution in [2.24, 2.45) is 0 Å². The van der Waals surface area contributed by atoms with Crippen LogP contribution in [0.2, 0.25) is 0 Å². The minimum Gasteiger partial charge on any atom is -0.390 e. The molecule has 1 aliphatic carbocycles. The minimum atomic E-state index is -0.524. The largest absolute Gasteiger partial charge is 0.390 e. The van der Waals surface area contributed by atoms with Gasteiger partial charge in [0.2, 0.25) is 0 Å². The topological polar surface area (TPSA) is 72.7 Å². The molecule has 0 radical (unpaired) electrons. The first-order valence-corrected chi connectivity index (χ1v) is 5.28. The average Bonchev–Trinajstić information content (AvgIpc) is 2.65. The summed E-state index contributed by atoms with van der Waals surface area (Å²) in [4.78, 5) is 0. The van der Waals surface area contributed by atoms with E-state index < -0.39 is 5.60 Å². The van der Waals surface area contributed by atoms with E-state index in [2.05, 4.69) is 16.3 Å². The average molecular weight is 205 g/mol. The van der Waals surface area contributed by atoms with E-state index in [9.17, 15) is 5.11 Å². The zero-order valence-corrected chi connectivity index (χ0v) is 8.82.